The maximum atomic E-state index is 11.5. The number of hydrogen-bond donors (Lipinski definition) is 3. The molecule has 0 fully saturated rings. The first kappa shape index (κ1) is 13.8. The van der Waals surface area contributed by atoms with Crippen molar-refractivity contribution in [2.24, 2.45) is 0 Å². The van der Waals surface area contributed by atoms with Crippen molar-refractivity contribution in [3.05, 3.63) is 23.8 Å². The summed E-state index contributed by atoms with van der Waals surface area (Å²) in [5.74, 6) is -0.118. The molecule has 0 heterocycles. The van der Waals surface area contributed by atoms with E-state index in [4.69, 9.17) is 4.74 Å². The van der Waals surface area contributed by atoms with E-state index in [0.29, 0.717) is 0 Å². The molecule has 0 unspecified atom stereocenters. The molecule has 1 rings (SSSR count). The minimum absolute atomic E-state index is 0.118. The molecule has 0 aliphatic carbocycles. The molecule has 0 radical (unpaired) electrons. The molecule has 3 N–H and O–H groups in total. The summed E-state index contributed by atoms with van der Waals surface area (Å²) in [5, 5.41) is 9.49. The van der Waals surface area contributed by atoms with E-state index in [1.165, 1.54) is 13.2 Å². The number of phenols is 1. The Balaban J connectivity index is 2.72. The van der Waals surface area contributed by atoms with Gasteiger partial charge in [-0.05, 0) is 24.6 Å². The monoisotopic (exact) mass is 260 g/mol. The van der Waals surface area contributed by atoms with Crippen LogP contribution in [0.4, 0.5) is 5.69 Å². The zero-order chi connectivity index (χ0) is 12.9. The van der Waals surface area contributed by atoms with Gasteiger partial charge >= 0.3 is 0 Å². The number of aryl methyl sites for hydroxylation is 1. The van der Waals surface area contributed by atoms with Gasteiger partial charge in [0.2, 0.25) is 0 Å². The molecule has 1 aromatic carbocycles. The lowest BCUT2D eigenvalue weighted by molar-refractivity contribution is 0.204. The second kappa shape index (κ2) is 5.85. The number of ether oxygens (including phenoxy) is 1. The van der Waals surface area contributed by atoms with E-state index in [9.17, 15) is 13.5 Å². The van der Waals surface area contributed by atoms with Crippen molar-refractivity contribution < 1.29 is 18.3 Å². The van der Waals surface area contributed by atoms with E-state index in [1.54, 1.807) is 19.1 Å². The van der Waals surface area contributed by atoms with E-state index in [1.807, 2.05) is 0 Å². The Hall–Kier alpha value is -1.31. The van der Waals surface area contributed by atoms with E-state index in [0.717, 1.165) is 5.56 Å². The van der Waals surface area contributed by atoms with Crippen LogP contribution in [0, 0.1) is 6.92 Å². The summed E-state index contributed by atoms with van der Waals surface area (Å²) < 4.78 is 32.3. The van der Waals surface area contributed by atoms with Crippen LogP contribution in [0.25, 0.3) is 0 Å². The Labute approximate surface area is 101 Å². The number of benzene rings is 1. The van der Waals surface area contributed by atoms with Crippen LogP contribution in [0.2, 0.25) is 0 Å². The molecule has 17 heavy (non-hydrogen) atoms. The third-order valence-electron chi connectivity index (χ3n) is 1.99. The Bertz CT molecular complexity index is 473. The number of hydrogen-bond acceptors (Lipinski definition) is 4. The van der Waals surface area contributed by atoms with Crippen LogP contribution < -0.4 is 9.44 Å². The normalized spacial score (nSPS) is 11.4. The quantitative estimate of drug-likeness (QED) is 0.516. The Kier molecular flexibility index (Phi) is 4.73. The van der Waals surface area contributed by atoms with Crippen LogP contribution in [0.15, 0.2) is 18.2 Å². The SMILES string of the molecule is COCCNS(=O)(=O)Nc1cc(C)ccc1O. The fourth-order valence-corrected chi connectivity index (χ4v) is 2.07. The summed E-state index contributed by atoms with van der Waals surface area (Å²) in [6.45, 7) is 2.24. The van der Waals surface area contributed by atoms with Gasteiger partial charge in [-0.1, -0.05) is 6.07 Å². The first-order valence-corrected chi connectivity index (χ1v) is 6.49. The summed E-state index contributed by atoms with van der Waals surface area (Å²) in [6, 6.07) is 4.67. The maximum absolute atomic E-state index is 11.5. The van der Waals surface area contributed by atoms with Gasteiger partial charge in [-0.25, -0.2) is 0 Å². The molecule has 96 valence electrons. The minimum atomic E-state index is -3.69. The molecular formula is C10H16N2O4S. The van der Waals surface area contributed by atoms with E-state index in [2.05, 4.69) is 9.44 Å². The van der Waals surface area contributed by atoms with Gasteiger partial charge in [0.05, 0.1) is 12.3 Å². The predicted octanol–water partition coefficient (Wildman–Crippen LogP) is 0.593. The highest BCUT2D eigenvalue weighted by Crippen LogP contribution is 2.24. The van der Waals surface area contributed by atoms with Crippen molar-refractivity contribution in [2.75, 3.05) is 25.0 Å². The second-order valence-electron chi connectivity index (χ2n) is 3.51. The molecule has 0 bridgehead atoms. The van der Waals surface area contributed by atoms with Gasteiger partial charge in [-0.2, -0.15) is 13.1 Å². The number of aromatic hydroxyl groups is 1. The third kappa shape index (κ3) is 4.59. The number of rotatable bonds is 6. The molecular weight excluding hydrogens is 244 g/mol. The van der Waals surface area contributed by atoms with Gasteiger partial charge in [0, 0.05) is 13.7 Å². The molecule has 0 saturated carbocycles. The summed E-state index contributed by atoms with van der Waals surface area (Å²) in [7, 11) is -2.21. The van der Waals surface area contributed by atoms with Crippen molar-refractivity contribution in [1.29, 1.82) is 0 Å². The minimum Gasteiger partial charge on any atom is -0.506 e. The van der Waals surface area contributed by atoms with Crippen molar-refractivity contribution >= 4 is 15.9 Å². The second-order valence-corrected chi connectivity index (χ2v) is 5.01. The smallest absolute Gasteiger partial charge is 0.299 e. The molecule has 1 aromatic rings. The van der Waals surface area contributed by atoms with Crippen LogP contribution in [-0.2, 0) is 14.9 Å². The fraction of sp³-hybridized carbons (Fsp3) is 0.400. The van der Waals surface area contributed by atoms with Crippen molar-refractivity contribution in [1.82, 2.24) is 4.72 Å². The molecule has 0 saturated heterocycles. The summed E-state index contributed by atoms with van der Waals surface area (Å²) >= 11 is 0. The topological polar surface area (TPSA) is 87.7 Å². The number of methoxy groups -OCH3 is 1. The summed E-state index contributed by atoms with van der Waals surface area (Å²) in [6.07, 6.45) is 0. The third-order valence-corrected chi connectivity index (χ3v) is 3.07. The molecule has 7 heteroatoms. The summed E-state index contributed by atoms with van der Waals surface area (Å²) in [4.78, 5) is 0. The van der Waals surface area contributed by atoms with Gasteiger partial charge < -0.3 is 9.84 Å². The van der Waals surface area contributed by atoms with Gasteiger partial charge in [0.25, 0.3) is 10.2 Å². The van der Waals surface area contributed by atoms with Gasteiger partial charge in [-0.3, -0.25) is 4.72 Å². The van der Waals surface area contributed by atoms with Gasteiger partial charge in [-0.15, -0.1) is 0 Å². The van der Waals surface area contributed by atoms with Crippen molar-refractivity contribution in [3.63, 3.8) is 0 Å². The zero-order valence-electron chi connectivity index (χ0n) is 9.73. The highest BCUT2D eigenvalue weighted by atomic mass is 32.2. The lowest BCUT2D eigenvalue weighted by Crippen LogP contribution is -2.32. The van der Waals surface area contributed by atoms with E-state index >= 15 is 0 Å². The van der Waals surface area contributed by atoms with Crippen molar-refractivity contribution in [2.45, 2.75) is 6.92 Å². The Morgan fingerprint density at radius 2 is 2.12 bits per heavy atom. The van der Waals surface area contributed by atoms with E-state index < -0.39 is 10.2 Å². The maximum Gasteiger partial charge on any atom is 0.299 e. The zero-order valence-corrected chi connectivity index (χ0v) is 10.5. The van der Waals surface area contributed by atoms with Crippen molar-refractivity contribution in [3.8, 4) is 5.75 Å². The average Bonchev–Trinajstić information content (AvgIpc) is 2.23. The molecule has 0 spiro atoms. The molecule has 0 aliphatic heterocycles. The predicted molar refractivity (Wildman–Crippen MR) is 65.3 cm³/mol. The highest BCUT2D eigenvalue weighted by Gasteiger charge is 2.11. The lowest BCUT2D eigenvalue weighted by Gasteiger charge is -2.10. The highest BCUT2D eigenvalue weighted by molar-refractivity contribution is 7.90. The van der Waals surface area contributed by atoms with Crippen LogP contribution in [0.5, 0.6) is 5.75 Å². The van der Waals surface area contributed by atoms with Crippen LogP contribution in [0.1, 0.15) is 5.56 Å². The number of nitrogens with one attached hydrogen (secondary N) is 2. The van der Waals surface area contributed by atoms with Crippen LogP contribution >= 0.6 is 0 Å². The molecule has 0 aliphatic rings. The van der Waals surface area contributed by atoms with E-state index in [-0.39, 0.29) is 24.6 Å². The van der Waals surface area contributed by atoms with Crippen LogP contribution in [0.3, 0.4) is 0 Å². The largest absolute Gasteiger partial charge is 0.506 e. The molecule has 0 amide bonds. The Morgan fingerprint density at radius 3 is 2.76 bits per heavy atom. The lowest BCUT2D eigenvalue weighted by atomic mass is 10.2. The first-order valence-electron chi connectivity index (χ1n) is 5.00. The standard InChI is InChI=1S/C10H16N2O4S/c1-8-3-4-10(13)9(7-8)12-17(14,15)11-5-6-16-2/h3-4,7,11-13H,5-6H2,1-2H3. The fourth-order valence-electron chi connectivity index (χ4n) is 1.19. The first-order chi connectivity index (χ1) is 7.94. The van der Waals surface area contributed by atoms with Gasteiger partial charge in [0.15, 0.2) is 0 Å². The number of phenolic OH excluding ortho intramolecular Hbond substituents is 1. The average molecular weight is 260 g/mol. The Morgan fingerprint density at radius 1 is 1.41 bits per heavy atom. The summed E-state index contributed by atoms with van der Waals surface area (Å²) in [5.41, 5.74) is 0.993. The van der Waals surface area contributed by atoms with Gasteiger partial charge in [0.1, 0.15) is 5.75 Å². The number of anilines is 1. The molecule has 0 atom stereocenters. The molecule has 6 nitrogen and oxygen atoms in total. The van der Waals surface area contributed by atoms with Crippen LogP contribution in [-0.4, -0.2) is 33.8 Å². The molecule has 0 aromatic heterocycles.